The minimum atomic E-state index is -4.68. The van der Waals surface area contributed by atoms with E-state index in [-0.39, 0.29) is 23.6 Å². The molecule has 2 aromatic carbocycles. The second-order valence-electron chi connectivity index (χ2n) is 7.16. The average Bonchev–Trinajstić information content (AvgIpc) is 3.01. The van der Waals surface area contributed by atoms with Gasteiger partial charge in [0.1, 0.15) is 17.4 Å². The molecule has 1 aliphatic heterocycles. The quantitative estimate of drug-likeness (QED) is 0.375. The summed E-state index contributed by atoms with van der Waals surface area (Å²) in [6, 6.07) is 4.57. The molecule has 0 radical (unpaired) electrons. The van der Waals surface area contributed by atoms with Crippen molar-refractivity contribution in [3.8, 4) is 5.75 Å². The number of nitro benzene ring substituents is 1. The van der Waals surface area contributed by atoms with Crippen molar-refractivity contribution in [1.29, 1.82) is 0 Å². The molecule has 0 fully saturated rings. The van der Waals surface area contributed by atoms with Crippen LogP contribution in [0.2, 0.25) is 0 Å². The van der Waals surface area contributed by atoms with Gasteiger partial charge in [0.25, 0.3) is 17.5 Å². The monoisotopic (exact) mass is 465 g/mol. The van der Waals surface area contributed by atoms with E-state index in [4.69, 9.17) is 4.74 Å². The molecule has 12 heteroatoms. The van der Waals surface area contributed by atoms with Crippen molar-refractivity contribution in [1.82, 2.24) is 4.90 Å². The van der Waals surface area contributed by atoms with Crippen LogP contribution < -0.4 is 10.1 Å². The molecule has 0 saturated heterocycles. The second kappa shape index (κ2) is 8.88. The normalized spacial score (nSPS) is 14.2. The van der Waals surface area contributed by atoms with Crippen LogP contribution in [-0.2, 0) is 11.0 Å². The molecule has 2 aromatic rings. The SMILES string of the molecule is CCCOc1ccc(C(F)(F)F)cc1NC(=O)C(C)N1C(=O)c2cccc([N+](=O)[O-])c2C1=O. The summed E-state index contributed by atoms with van der Waals surface area (Å²) in [6.45, 7) is 3.14. The predicted molar refractivity (Wildman–Crippen MR) is 109 cm³/mol. The largest absolute Gasteiger partial charge is 0.491 e. The predicted octanol–water partition coefficient (Wildman–Crippen LogP) is 4.03. The molecule has 3 amide bonds. The van der Waals surface area contributed by atoms with E-state index >= 15 is 0 Å². The number of alkyl halides is 3. The van der Waals surface area contributed by atoms with Crippen LogP contribution in [0, 0.1) is 10.1 Å². The molecular weight excluding hydrogens is 447 g/mol. The third-order valence-corrected chi connectivity index (χ3v) is 4.91. The average molecular weight is 465 g/mol. The number of anilines is 1. The molecule has 1 aliphatic rings. The molecule has 3 rings (SSSR count). The highest BCUT2D eigenvalue weighted by Gasteiger charge is 2.45. The van der Waals surface area contributed by atoms with Crippen LogP contribution in [0.3, 0.4) is 0 Å². The summed E-state index contributed by atoms with van der Waals surface area (Å²) >= 11 is 0. The Morgan fingerprint density at radius 1 is 1.21 bits per heavy atom. The number of carbonyl (C=O) groups excluding carboxylic acids is 3. The minimum Gasteiger partial charge on any atom is -0.491 e. The number of hydrogen-bond acceptors (Lipinski definition) is 6. The summed E-state index contributed by atoms with van der Waals surface area (Å²) in [5.74, 6) is -2.97. The number of imide groups is 1. The number of nitro groups is 1. The maximum atomic E-state index is 13.1. The van der Waals surface area contributed by atoms with E-state index in [1.165, 1.54) is 19.1 Å². The second-order valence-corrected chi connectivity index (χ2v) is 7.16. The van der Waals surface area contributed by atoms with Gasteiger partial charge in [-0.2, -0.15) is 13.2 Å². The van der Waals surface area contributed by atoms with Gasteiger partial charge < -0.3 is 10.1 Å². The van der Waals surface area contributed by atoms with Gasteiger partial charge in [-0.05, 0) is 37.6 Å². The van der Waals surface area contributed by atoms with Crippen LogP contribution >= 0.6 is 0 Å². The van der Waals surface area contributed by atoms with Crippen molar-refractivity contribution in [3.63, 3.8) is 0 Å². The Morgan fingerprint density at radius 2 is 1.91 bits per heavy atom. The molecular formula is C21H18F3N3O6. The first kappa shape index (κ1) is 23.7. The highest BCUT2D eigenvalue weighted by atomic mass is 19.4. The number of nitrogens with one attached hydrogen (secondary N) is 1. The zero-order valence-electron chi connectivity index (χ0n) is 17.4. The number of amides is 3. The number of nitrogens with zero attached hydrogens (tertiary/aromatic N) is 2. The topological polar surface area (TPSA) is 119 Å². The van der Waals surface area contributed by atoms with Gasteiger partial charge in [-0.3, -0.25) is 29.4 Å². The molecule has 9 nitrogen and oxygen atoms in total. The first-order chi connectivity index (χ1) is 15.5. The molecule has 0 aliphatic carbocycles. The number of carbonyl (C=O) groups is 3. The molecule has 0 spiro atoms. The van der Waals surface area contributed by atoms with Crippen LogP contribution in [0.4, 0.5) is 24.5 Å². The number of ether oxygens (including phenoxy) is 1. The lowest BCUT2D eigenvalue weighted by Gasteiger charge is -2.22. The van der Waals surface area contributed by atoms with E-state index < -0.39 is 51.7 Å². The fraction of sp³-hybridized carbons (Fsp3) is 0.286. The van der Waals surface area contributed by atoms with Crippen LogP contribution in [0.15, 0.2) is 36.4 Å². The van der Waals surface area contributed by atoms with Crippen molar-refractivity contribution < 1.29 is 37.2 Å². The van der Waals surface area contributed by atoms with Crippen molar-refractivity contribution in [3.05, 3.63) is 63.2 Å². The summed E-state index contributed by atoms with van der Waals surface area (Å²) in [5.41, 5.74) is -2.60. The molecule has 1 atom stereocenters. The summed E-state index contributed by atoms with van der Waals surface area (Å²) in [4.78, 5) is 49.2. The Balaban J connectivity index is 1.91. The minimum absolute atomic E-state index is 0.0246. The molecule has 33 heavy (non-hydrogen) atoms. The molecule has 174 valence electrons. The van der Waals surface area contributed by atoms with Crippen LogP contribution in [0.5, 0.6) is 5.75 Å². The van der Waals surface area contributed by atoms with E-state index in [0.717, 1.165) is 18.2 Å². The van der Waals surface area contributed by atoms with Gasteiger partial charge in [-0.1, -0.05) is 13.0 Å². The lowest BCUT2D eigenvalue weighted by molar-refractivity contribution is -0.385. The highest BCUT2D eigenvalue weighted by molar-refractivity contribution is 6.24. The van der Waals surface area contributed by atoms with Crippen molar-refractivity contribution in [2.45, 2.75) is 32.5 Å². The van der Waals surface area contributed by atoms with Gasteiger partial charge in [-0.15, -0.1) is 0 Å². The van der Waals surface area contributed by atoms with E-state index in [1.54, 1.807) is 6.92 Å². The van der Waals surface area contributed by atoms with Crippen molar-refractivity contribution in [2.24, 2.45) is 0 Å². The van der Waals surface area contributed by atoms with E-state index in [2.05, 4.69) is 5.32 Å². The van der Waals surface area contributed by atoms with Gasteiger partial charge in [0.2, 0.25) is 5.91 Å². The van der Waals surface area contributed by atoms with E-state index in [0.29, 0.717) is 17.4 Å². The first-order valence-electron chi connectivity index (χ1n) is 9.77. The molecule has 0 saturated carbocycles. The third-order valence-electron chi connectivity index (χ3n) is 4.91. The Hall–Kier alpha value is -3.96. The fourth-order valence-corrected chi connectivity index (χ4v) is 3.29. The van der Waals surface area contributed by atoms with Gasteiger partial charge >= 0.3 is 6.18 Å². The molecule has 1 unspecified atom stereocenters. The standard InChI is InChI=1S/C21H18F3N3O6/c1-3-9-33-16-8-7-12(21(22,23)24)10-14(16)25-18(28)11(2)26-19(29)13-5-4-6-15(27(31)32)17(13)20(26)30/h4-8,10-11H,3,9H2,1-2H3,(H,25,28). The highest BCUT2D eigenvalue weighted by Crippen LogP contribution is 2.36. The van der Waals surface area contributed by atoms with Crippen LogP contribution in [0.1, 0.15) is 46.5 Å². The summed E-state index contributed by atoms with van der Waals surface area (Å²) in [5, 5.41) is 13.5. The summed E-state index contributed by atoms with van der Waals surface area (Å²) in [7, 11) is 0. The summed E-state index contributed by atoms with van der Waals surface area (Å²) < 4.78 is 44.8. The number of benzene rings is 2. The Bertz CT molecular complexity index is 1150. The van der Waals surface area contributed by atoms with Gasteiger partial charge in [0, 0.05) is 6.07 Å². The smallest absolute Gasteiger partial charge is 0.416 e. The number of halogens is 3. The Kier molecular flexibility index (Phi) is 6.38. The Morgan fingerprint density at radius 3 is 2.52 bits per heavy atom. The summed E-state index contributed by atoms with van der Waals surface area (Å²) in [6.07, 6.45) is -4.13. The zero-order valence-corrected chi connectivity index (χ0v) is 17.4. The van der Waals surface area contributed by atoms with Crippen molar-refractivity contribution >= 4 is 29.1 Å². The molecule has 0 bridgehead atoms. The zero-order chi connectivity index (χ0) is 24.5. The first-order valence-corrected chi connectivity index (χ1v) is 9.77. The van der Waals surface area contributed by atoms with Crippen LogP contribution in [-0.4, -0.2) is 40.2 Å². The van der Waals surface area contributed by atoms with Gasteiger partial charge in [-0.25, -0.2) is 0 Å². The lowest BCUT2D eigenvalue weighted by Crippen LogP contribution is -2.45. The molecule has 1 heterocycles. The fourth-order valence-electron chi connectivity index (χ4n) is 3.29. The van der Waals surface area contributed by atoms with Gasteiger partial charge in [0.05, 0.1) is 28.3 Å². The molecule has 0 aromatic heterocycles. The van der Waals surface area contributed by atoms with Gasteiger partial charge in [0.15, 0.2) is 0 Å². The maximum Gasteiger partial charge on any atom is 0.416 e. The van der Waals surface area contributed by atoms with E-state index in [9.17, 15) is 37.7 Å². The third kappa shape index (κ3) is 4.49. The Labute approximate surface area is 185 Å². The molecule has 1 N–H and O–H groups in total. The van der Waals surface area contributed by atoms with E-state index in [1.807, 2.05) is 0 Å². The number of fused-ring (bicyclic) bond motifs is 1. The van der Waals surface area contributed by atoms with Crippen LogP contribution in [0.25, 0.3) is 0 Å². The van der Waals surface area contributed by atoms with Crippen molar-refractivity contribution in [2.75, 3.05) is 11.9 Å². The number of rotatable bonds is 7. The lowest BCUT2D eigenvalue weighted by atomic mass is 10.1. The number of hydrogen-bond donors (Lipinski definition) is 1. The maximum absolute atomic E-state index is 13.1.